The number of imidazole rings is 1. The highest BCUT2D eigenvalue weighted by Gasteiger charge is 2.35. The van der Waals surface area contributed by atoms with Crippen molar-refractivity contribution < 1.29 is 9.90 Å². The van der Waals surface area contributed by atoms with Crippen molar-refractivity contribution in [3.8, 4) is 5.75 Å². The average Bonchev–Trinajstić information content (AvgIpc) is 3.05. The van der Waals surface area contributed by atoms with Gasteiger partial charge in [0, 0.05) is 18.2 Å². The molecule has 5 rings (SSSR count). The number of likely N-dealkylation sites (tertiary alicyclic amines) is 1. The number of amides is 1. The summed E-state index contributed by atoms with van der Waals surface area (Å²) in [4.78, 5) is 22.6. The fraction of sp³-hybridized carbons (Fsp3) is 0.333. The van der Waals surface area contributed by atoms with Gasteiger partial charge in [0.1, 0.15) is 5.75 Å². The minimum Gasteiger partial charge on any atom is -0.508 e. The third-order valence-corrected chi connectivity index (χ3v) is 5.90. The lowest BCUT2D eigenvalue weighted by atomic mass is 9.78. The zero-order valence-corrected chi connectivity index (χ0v) is 14.5. The van der Waals surface area contributed by atoms with Crippen LogP contribution in [-0.2, 0) is 6.42 Å². The number of nitrogens with zero attached hydrogens (tertiary/aromatic N) is 2. The molecule has 5 heteroatoms. The topological polar surface area (TPSA) is 69.2 Å². The number of nitrogens with one attached hydrogen (secondary N) is 1. The van der Waals surface area contributed by atoms with E-state index in [9.17, 15) is 9.90 Å². The van der Waals surface area contributed by atoms with E-state index in [4.69, 9.17) is 0 Å². The normalized spacial score (nSPS) is 22.1. The molecule has 1 saturated heterocycles. The van der Waals surface area contributed by atoms with E-state index in [1.807, 2.05) is 30.3 Å². The highest BCUT2D eigenvalue weighted by atomic mass is 16.3. The van der Waals surface area contributed by atoms with Gasteiger partial charge in [-0.2, -0.15) is 0 Å². The molecule has 132 valence electrons. The average molecular weight is 347 g/mol. The number of benzene rings is 2. The molecule has 0 saturated carbocycles. The maximum absolute atomic E-state index is 13.2. The summed E-state index contributed by atoms with van der Waals surface area (Å²) < 4.78 is 0. The van der Waals surface area contributed by atoms with E-state index in [1.54, 1.807) is 12.4 Å². The number of hydrogen-bond acceptors (Lipinski definition) is 3. The smallest absolute Gasteiger partial charge is 0.254 e. The van der Waals surface area contributed by atoms with E-state index in [1.165, 1.54) is 11.1 Å². The molecule has 0 radical (unpaired) electrons. The van der Waals surface area contributed by atoms with Gasteiger partial charge in [-0.3, -0.25) is 4.79 Å². The number of aromatic nitrogens is 2. The molecule has 5 nitrogen and oxygen atoms in total. The zero-order valence-electron chi connectivity index (χ0n) is 14.5. The van der Waals surface area contributed by atoms with Crippen molar-refractivity contribution in [3.05, 3.63) is 59.4 Å². The SMILES string of the molecule is O=C(c1ccc2nc[nH]c2c1)N1CCC[C@@H]2C[C@@H]1Cc1ccc(O)cc12. The number of hydrogen-bond donors (Lipinski definition) is 2. The van der Waals surface area contributed by atoms with E-state index >= 15 is 0 Å². The molecule has 26 heavy (non-hydrogen) atoms. The first-order valence-corrected chi connectivity index (χ1v) is 9.25. The van der Waals surface area contributed by atoms with E-state index in [0.717, 1.165) is 48.8 Å². The summed E-state index contributed by atoms with van der Waals surface area (Å²) >= 11 is 0. The number of carbonyl (C=O) groups is 1. The van der Waals surface area contributed by atoms with Crippen molar-refractivity contribution in [1.82, 2.24) is 14.9 Å². The van der Waals surface area contributed by atoms with E-state index < -0.39 is 0 Å². The Balaban J connectivity index is 1.48. The fourth-order valence-corrected chi connectivity index (χ4v) is 4.64. The van der Waals surface area contributed by atoms with Crippen LogP contribution in [0.15, 0.2) is 42.7 Å². The molecule has 1 aromatic heterocycles. The number of rotatable bonds is 1. The molecule has 1 aliphatic heterocycles. The molecule has 0 unspecified atom stereocenters. The summed E-state index contributed by atoms with van der Waals surface area (Å²) in [7, 11) is 0. The summed E-state index contributed by atoms with van der Waals surface area (Å²) in [6, 6.07) is 11.6. The second-order valence-electron chi connectivity index (χ2n) is 7.45. The fourth-order valence-electron chi connectivity index (χ4n) is 4.64. The van der Waals surface area contributed by atoms with Crippen molar-refractivity contribution in [2.45, 2.75) is 37.6 Å². The first kappa shape index (κ1) is 15.4. The third kappa shape index (κ3) is 2.46. The van der Waals surface area contributed by atoms with E-state index in [2.05, 4.69) is 14.9 Å². The molecule has 2 aromatic carbocycles. The van der Waals surface area contributed by atoms with Crippen molar-refractivity contribution in [2.75, 3.05) is 6.54 Å². The van der Waals surface area contributed by atoms with Gasteiger partial charge < -0.3 is 15.0 Å². The standard InChI is InChI=1S/C21H21N3O2/c25-17-5-3-14-9-16-8-13(18(14)11-17)2-1-7-24(16)21(26)15-4-6-19-20(10-15)23-12-22-19/h3-6,10-13,16,25H,1-2,7-9H2,(H,22,23)/t13-,16-/m1/s1. The molecule has 2 aliphatic rings. The van der Waals surface area contributed by atoms with Crippen LogP contribution in [-0.4, -0.2) is 38.5 Å². The van der Waals surface area contributed by atoms with Crippen LogP contribution in [0.25, 0.3) is 11.0 Å². The second kappa shape index (κ2) is 5.87. The van der Waals surface area contributed by atoms with Gasteiger partial charge in [-0.1, -0.05) is 6.07 Å². The van der Waals surface area contributed by atoms with Crippen molar-refractivity contribution >= 4 is 16.9 Å². The van der Waals surface area contributed by atoms with Crippen molar-refractivity contribution in [2.24, 2.45) is 0 Å². The second-order valence-corrected chi connectivity index (χ2v) is 7.45. The monoisotopic (exact) mass is 347 g/mol. The molecule has 2 heterocycles. The van der Waals surface area contributed by atoms with E-state index in [0.29, 0.717) is 11.7 Å². The largest absolute Gasteiger partial charge is 0.508 e. The molecular weight excluding hydrogens is 326 g/mol. The minimum absolute atomic E-state index is 0.106. The van der Waals surface area contributed by atoms with Crippen LogP contribution in [0, 0.1) is 0 Å². The van der Waals surface area contributed by atoms with Gasteiger partial charge in [-0.25, -0.2) is 4.98 Å². The quantitative estimate of drug-likeness (QED) is 0.707. The lowest BCUT2D eigenvalue weighted by Crippen LogP contribution is -2.43. The summed E-state index contributed by atoms with van der Waals surface area (Å²) in [5.74, 6) is 0.880. The Kier molecular flexibility index (Phi) is 3.48. The Hall–Kier alpha value is -2.82. The number of phenolic OH excluding ortho intramolecular Hbond substituents is 1. The maximum Gasteiger partial charge on any atom is 0.254 e. The van der Waals surface area contributed by atoms with Crippen LogP contribution in [0.4, 0.5) is 0 Å². The van der Waals surface area contributed by atoms with Gasteiger partial charge in [0.25, 0.3) is 5.91 Å². The van der Waals surface area contributed by atoms with Crippen LogP contribution in [0.1, 0.15) is 46.7 Å². The molecule has 1 amide bonds. The Morgan fingerprint density at radius 1 is 1.23 bits per heavy atom. The number of phenols is 1. The molecule has 2 bridgehead atoms. The van der Waals surface area contributed by atoms with E-state index in [-0.39, 0.29) is 11.9 Å². The van der Waals surface area contributed by atoms with Crippen LogP contribution in [0.2, 0.25) is 0 Å². The summed E-state index contributed by atoms with van der Waals surface area (Å²) in [6.45, 7) is 0.793. The maximum atomic E-state index is 13.2. The number of aromatic hydroxyl groups is 1. The lowest BCUT2D eigenvalue weighted by molar-refractivity contribution is 0.0675. The molecule has 1 fully saturated rings. The first-order chi connectivity index (χ1) is 12.7. The van der Waals surface area contributed by atoms with Crippen molar-refractivity contribution in [1.29, 1.82) is 0 Å². The summed E-state index contributed by atoms with van der Waals surface area (Å²) in [6.07, 6.45) is 5.56. The van der Waals surface area contributed by atoms with Gasteiger partial charge in [0.05, 0.1) is 17.4 Å². The van der Waals surface area contributed by atoms with Crippen LogP contribution in [0.3, 0.4) is 0 Å². The Morgan fingerprint density at radius 3 is 3.08 bits per heavy atom. The van der Waals surface area contributed by atoms with Crippen LogP contribution in [0.5, 0.6) is 5.75 Å². The Labute approximate surface area is 151 Å². The van der Waals surface area contributed by atoms with Crippen LogP contribution >= 0.6 is 0 Å². The first-order valence-electron chi connectivity index (χ1n) is 9.25. The Morgan fingerprint density at radius 2 is 2.15 bits per heavy atom. The van der Waals surface area contributed by atoms with Gasteiger partial charge in [0.15, 0.2) is 0 Å². The number of H-pyrrole nitrogens is 1. The van der Waals surface area contributed by atoms with Gasteiger partial charge in [0.2, 0.25) is 0 Å². The van der Waals surface area contributed by atoms with Gasteiger partial charge >= 0.3 is 0 Å². The molecule has 2 atom stereocenters. The third-order valence-electron chi connectivity index (χ3n) is 5.90. The summed E-state index contributed by atoms with van der Waals surface area (Å²) in [5, 5.41) is 9.84. The minimum atomic E-state index is 0.106. The molecular formula is C21H21N3O2. The predicted molar refractivity (Wildman–Crippen MR) is 99.3 cm³/mol. The number of fused-ring (bicyclic) bond motifs is 5. The Bertz CT molecular complexity index is 994. The highest BCUT2D eigenvalue weighted by molar-refractivity contribution is 5.97. The zero-order chi connectivity index (χ0) is 17.7. The number of aromatic amines is 1. The highest BCUT2D eigenvalue weighted by Crippen LogP contribution is 2.40. The molecule has 0 spiro atoms. The van der Waals surface area contributed by atoms with Gasteiger partial charge in [-0.05, 0) is 73.1 Å². The van der Waals surface area contributed by atoms with Crippen LogP contribution < -0.4 is 0 Å². The van der Waals surface area contributed by atoms with Crippen molar-refractivity contribution in [3.63, 3.8) is 0 Å². The lowest BCUT2D eigenvalue weighted by Gasteiger charge is -2.35. The summed E-state index contributed by atoms with van der Waals surface area (Å²) in [5.41, 5.74) is 5.04. The van der Waals surface area contributed by atoms with Gasteiger partial charge in [-0.15, -0.1) is 0 Å². The molecule has 3 aromatic rings. The number of carbonyl (C=O) groups excluding carboxylic acids is 1. The predicted octanol–water partition coefficient (Wildman–Crippen LogP) is 3.60. The molecule has 1 aliphatic carbocycles. The molecule has 2 N–H and O–H groups in total.